The van der Waals surface area contributed by atoms with Gasteiger partial charge in [0.25, 0.3) is 0 Å². The average molecular weight is 580 g/mol. The van der Waals surface area contributed by atoms with Gasteiger partial charge >= 0.3 is 6.09 Å². The highest BCUT2D eigenvalue weighted by Gasteiger charge is 2.23. The van der Waals surface area contributed by atoms with Crippen LogP contribution in [-0.4, -0.2) is 53.2 Å². The molecule has 3 aromatic carbocycles. The van der Waals surface area contributed by atoms with E-state index in [1.54, 1.807) is 42.5 Å². The van der Waals surface area contributed by atoms with E-state index < -0.39 is 16.1 Å². The Bertz CT molecular complexity index is 1510. The van der Waals surface area contributed by atoms with E-state index in [0.29, 0.717) is 42.4 Å². The molecule has 0 radical (unpaired) electrons. The number of rotatable bonds is 10. The Morgan fingerprint density at radius 1 is 1.02 bits per heavy atom. The lowest BCUT2D eigenvalue weighted by atomic mass is 10.1. The van der Waals surface area contributed by atoms with E-state index in [9.17, 15) is 18.0 Å². The highest BCUT2D eigenvalue weighted by molar-refractivity contribution is 7.89. The molecule has 5 rings (SSSR count). The molecule has 1 fully saturated rings. The molecule has 1 amide bonds. The number of fused-ring (bicyclic) bond motifs is 1. The van der Waals surface area contributed by atoms with Crippen LogP contribution in [0.1, 0.15) is 41.6 Å². The van der Waals surface area contributed by atoms with Gasteiger partial charge in [0.2, 0.25) is 10.0 Å². The van der Waals surface area contributed by atoms with Crippen LogP contribution in [0.5, 0.6) is 11.5 Å². The predicted octanol–water partition coefficient (Wildman–Crippen LogP) is 4.75. The maximum Gasteiger partial charge on any atom is 0.411 e. The Hall–Kier alpha value is -4.09. The molecule has 1 heterocycles. The fourth-order valence-electron chi connectivity index (χ4n) is 5.02. The Labute approximate surface area is 239 Å². The highest BCUT2D eigenvalue weighted by atomic mass is 32.2. The minimum atomic E-state index is -3.81. The number of methoxy groups -OCH3 is 1. The summed E-state index contributed by atoms with van der Waals surface area (Å²) in [7, 11) is -2.28. The number of nitrogens with zero attached hydrogens (tertiary/aromatic N) is 1. The second-order valence-corrected chi connectivity index (χ2v) is 11.7. The molecule has 10 nitrogen and oxygen atoms in total. The summed E-state index contributed by atoms with van der Waals surface area (Å²) in [6.45, 7) is 1.18. The molecule has 41 heavy (non-hydrogen) atoms. The van der Waals surface area contributed by atoms with Crippen molar-refractivity contribution in [3.63, 3.8) is 0 Å². The lowest BCUT2D eigenvalue weighted by Crippen LogP contribution is -2.32. The van der Waals surface area contributed by atoms with E-state index in [2.05, 4.69) is 14.9 Å². The topological polar surface area (TPSA) is 123 Å². The number of nitrogens with one attached hydrogen (secondary N) is 2. The summed E-state index contributed by atoms with van der Waals surface area (Å²) in [6, 6.07) is 18.4. The van der Waals surface area contributed by atoms with Crippen molar-refractivity contribution in [1.29, 1.82) is 0 Å². The number of amides is 1. The molecule has 0 unspecified atom stereocenters. The monoisotopic (exact) mass is 579 g/mol. The molecule has 1 aliphatic heterocycles. The largest absolute Gasteiger partial charge is 0.496 e. The lowest BCUT2D eigenvalue weighted by molar-refractivity contribution is 0.0996. The van der Waals surface area contributed by atoms with Crippen LogP contribution in [0.25, 0.3) is 0 Å². The van der Waals surface area contributed by atoms with Gasteiger partial charge in [-0.3, -0.25) is 10.1 Å². The molecule has 1 saturated carbocycles. The lowest BCUT2D eigenvalue weighted by Gasteiger charge is -2.32. The Kier molecular flexibility index (Phi) is 8.75. The molecule has 2 N–H and O–H groups in total. The molecular weight excluding hydrogens is 546 g/mol. The summed E-state index contributed by atoms with van der Waals surface area (Å²) in [5.74, 6) is 0.818. The summed E-state index contributed by atoms with van der Waals surface area (Å²) in [5.41, 5.74) is 2.58. The maximum absolute atomic E-state index is 12.8. The van der Waals surface area contributed by atoms with Crippen molar-refractivity contribution in [2.45, 2.75) is 43.2 Å². The van der Waals surface area contributed by atoms with Crippen LogP contribution in [0.4, 0.5) is 16.2 Å². The number of ether oxygens (including phenoxy) is 3. The highest BCUT2D eigenvalue weighted by Crippen LogP contribution is 2.36. The summed E-state index contributed by atoms with van der Waals surface area (Å²) < 4.78 is 44.3. The van der Waals surface area contributed by atoms with Gasteiger partial charge in [-0.2, -0.15) is 0 Å². The summed E-state index contributed by atoms with van der Waals surface area (Å²) in [5, 5.41) is 2.82. The van der Waals surface area contributed by atoms with Gasteiger partial charge in [0.15, 0.2) is 5.78 Å². The molecular formula is C30H33N3O7S. The van der Waals surface area contributed by atoms with E-state index in [4.69, 9.17) is 14.2 Å². The SMILES string of the molecule is COc1cc(C(=O)CNS(=O)(=O)c2ccccc2)ccc1CN1CCOc2ccc(NC(=O)OC3CCCC3)cc21. The van der Waals surface area contributed by atoms with Gasteiger partial charge in [0.1, 0.15) is 24.2 Å². The maximum atomic E-state index is 12.8. The number of carbonyl (C=O) groups is 2. The van der Waals surface area contributed by atoms with Crippen LogP contribution in [0.3, 0.4) is 0 Å². The van der Waals surface area contributed by atoms with Gasteiger partial charge in [-0.15, -0.1) is 0 Å². The zero-order valence-corrected chi connectivity index (χ0v) is 23.6. The van der Waals surface area contributed by atoms with Gasteiger partial charge in [0.05, 0.1) is 30.8 Å². The van der Waals surface area contributed by atoms with Gasteiger partial charge in [-0.25, -0.2) is 17.9 Å². The minimum Gasteiger partial charge on any atom is -0.496 e. The first-order valence-corrected chi connectivity index (χ1v) is 15.0. The van der Waals surface area contributed by atoms with Crippen LogP contribution in [0.15, 0.2) is 71.6 Å². The number of benzene rings is 3. The zero-order valence-electron chi connectivity index (χ0n) is 22.8. The molecule has 216 valence electrons. The normalized spacial score (nSPS) is 15.1. The zero-order chi connectivity index (χ0) is 28.8. The van der Waals surface area contributed by atoms with Crippen LogP contribution < -0.4 is 24.4 Å². The first-order valence-electron chi connectivity index (χ1n) is 13.6. The van der Waals surface area contributed by atoms with E-state index in [1.165, 1.54) is 19.2 Å². The molecule has 11 heteroatoms. The molecule has 1 aliphatic carbocycles. The van der Waals surface area contributed by atoms with E-state index >= 15 is 0 Å². The molecule has 2 aliphatic rings. The number of ketones is 1. The molecule has 0 spiro atoms. The van der Waals surface area contributed by atoms with Gasteiger partial charge in [0, 0.05) is 23.4 Å². The summed E-state index contributed by atoms with van der Waals surface area (Å²) in [4.78, 5) is 27.4. The van der Waals surface area contributed by atoms with E-state index in [0.717, 1.165) is 36.9 Å². The third-order valence-corrected chi connectivity index (χ3v) is 8.60. The second kappa shape index (κ2) is 12.6. The quantitative estimate of drug-likeness (QED) is 0.330. The summed E-state index contributed by atoms with van der Waals surface area (Å²) >= 11 is 0. The van der Waals surface area contributed by atoms with E-state index in [1.807, 2.05) is 12.1 Å². The number of hydrogen-bond donors (Lipinski definition) is 2. The van der Waals surface area contributed by atoms with Gasteiger partial charge < -0.3 is 19.1 Å². The van der Waals surface area contributed by atoms with Crippen LogP contribution in [0.2, 0.25) is 0 Å². The van der Waals surface area contributed by atoms with Crippen molar-refractivity contribution in [2.24, 2.45) is 0 Å². The van der Waals surface area contributed by atoms with Crippen molar-refractivity contribution in [3.8, 4) is 11.5 Å². The molecule has 0 atom stereocenters. The minimum absolute atomic E-state index is 0.0289. The third kappa shape index (κ3) is 6.98. The molecule has 0 bridgehead atoms. The molecule has 0 saturated heterocycles. The van der Waals surface area contributed by atoms with Crippen molar-refractivity contribution in [2.75, 3.05) is 37.0 Å². The van der Waals surface area contributed by atoms with Gasteiger partial charge in [-0.1, -0.05) is 30.3 Å². The van der Waals surface area contributed by atoms with Crippen LogP contribution in [-0.2, 0) is 21.3 Å². The Balaban J connectivity index is 1.26. The molecule has 3 aromatic rings. The Morgan fingerprint density at radius 3 is 2.56 bits per heavy atom. The smallest absolute Gasteiger partial charge is 0.411 e. The standard InChI is InChI=1S/C30H33N3O7S/c1-38-29-17-21(27(34)19-31-41(36,37)25-9-3-2-4-10-25)11-12-22(29)20-33-15-16-39-28-14-13-23(18-26(28)33)32-30(35)40-24-7-5-6-8-24/h2-4,9-14,17-18,24,31H,5-8,15-16,19-20H2,1H3,(H,32,35). The number of hydrogen-bond acceptors (Lipinski definition) is 8. The average Bonchev–Trinajstić information content (AvgIpc) is 3.49. The first kappa shape index (κ1) is 28.4. The number of Topliss-reactive ketones (excluding diaryl/α,β-unsaturated/α-hetero) is 1. The summed E-state index contributed by atoms with van der Waals surface area (Å²) in [6.07, 6.45) is 3.46. The van der Waals surface area contributed by atoms with Crippen molar-refractivity contribution < 1.29 is 32.2 Å². The first-order chi connectivity index (χ1) is 19.8. The van der Waals surface area contributed by atoms with Crippen molar-refractivity contribution >= 4 is 33.3 Å². The van der Waals surface area contributed by atoms with Crippen molar-refractivity contribution in [1.82, 2.24) is 4.72 Å². The third-order valence-electron chi connectivity index (χ3n) is 7.19. The van der Waals surface area contributed by atoms with Crippen LogP contribution >= 0.6 is 0 Å². The Morgan fingerprint density at radius 2 is 1.80 bits per heavy atom. The van der Waals surface area contributed by atoms with Gasteiger partial charge in [-0.05, 0) is 62.1 Å². The van der Waals surface area contributed by atoms with E-state index in [-0.39, 0.29) is 23.3 Å². The molecule has 0 aromatic heterocycles. The van der Waals surface area contributed by atoms with Crippen LogP contribution in [0, 0.1) is 0 Å². The number of sulfonamides is 1. The fourth-order valence-corrected chi connectivity index (χ4v) is 6.02. The fraction of sp³-hybridized carbons (Fsp3) is 0.333. The second-order valence-electron chi connectivity index (χ2n) is 9.98. The predicted molar refractivity (Wildman–Crippen MR) is 154 cm³/mol. The number of carbonyl (C=O) groups excluding carboxylic acids is 2. The number of anilines is 2. The van der Waals surface area contributed by atoms with Crippen molar-refractivity contribution in [3.05, 3.63) is 77.9 Å².